The summed E-state index contributed by atoms with van der Waals surface area (Å²) in [6.45, 7) is 2.31. The van der Waals surface area contributed by atoms with Crippen LogP contribution in [-0.4, -0.2) is 35.0 Å². The molecule has 0 spiro atoms. The zero-order chi connectivity index (χ0) is 14.0. The molecule has 0 aromatic heterocycles. The van der Waals surface area contributed by atoms with Crippen LogP contribution in [0.1, 0.15) is 57.8 Å². The van der Waals surface area contributed by atoms with Crippen LogP contribution in [0, 0.1) is 0 Å². The molecule has 1 unspecified atom stereocenters. The topological polar surface area (TPSA) is 35.8 Å². The van der Waals surface area contributed by atoms with Gasteiger partial charge in [0.05, 0.1) is 11.8 Å². The Labute approximate surface area is 123 Å². The lowest BCUT2D eigenvalue weighted by Gasteiger charge is -2.34. The quantitative estimate of drug-likeness (QED) is 0.444. The minimum atomic E-state index is 0.331. The Morgan fingerprint density at radius 3 is 2.25 bits per heavy atom. The van der Waals surface area contributed by atoms with Crippen molar-refractivity contribution in [3.8, 4) is 0 Å². The Kier molecular flexibility index (Phi) is 6.85. The summed E-state index contributed by atoms with van der Waals surface area (Å²) in [5, 5.41) is 13.1. The van der Waals surface area contributed by atoms with Gasteiger partial charge in [-0.15, -0.1) is 0 Å². The highest BCUT2D eigenvalue weighted by Crippen LogP contribution is 2.19. The number of hydrogen-bond donors (Lipinski definition) is 1. The number of hydrogen-bond acceptors (Lipinski definition) is 3. The van der Waals surface area contributed by atoms with Crippen molar-refractivity contribution >= 4 is 5.71 Å². The number of oxime groups is 1. The third kappa shape index (κ3) is 4.78. The molecule has 1 fully saturated rings. The first-order chi connectivity index (χ1) is 9.92. The summed E-state index contributed by atoms with van der Waals surface area (Å²) in [5.74, 6) is 0. The van der Waals surface area contributed by atoms with Crippen molar-refractivity contribution in [3.05, 3.63) is 24.3 Å². The predicted molar refractivity (Wildman–Crippen MR) is 84.4 cm³/mol. The molecular formula is C17H28N2O. The molecule has 1 aliphatic carbocycles. The van der Waals surface area contributed by atoms with Crippen LogP contribution in [0.3, 0.4) is 0 Å². The molecule has 1 N–H and O–H groups in total. The second-order valence-corrected chi connectivity index (χ2v) is 5.84. The molecule has 1 heterocycles. The molecular weight excluding hydrogens is 248 g/mol. The van der Waals surface area contributed by atoms with E-state index < -0.39 is 0 Å². The van der Waals surface area contributed by atoms with Crippen molar-refractivity contribution in [3.63, 3.8) is 0 Å². The minimum absolute atomic E-state index is 0.331. The lowest BCUT2D eigenvalue weighted by Crippen LogP contribution is -2.44. The van der Waals surface area contributed by atoms with Crippen molar-refractivity contribution in [1.82, 2.24) is 4.90 Å². The molecule has 0 saturated carbocycles. The number of nitrogens with zero attached hydrogens (tertiary/aromatic N) is 2. The molecule has 0 amide bonds. The predicted octanol–water partition coefficient (Wildman–Crippen LogP) is 4.14. The lowest BCUT2D eigenvalue weighted by molar-refractivity contribution is 0.189. The fraction of sp³-hybridized carbons (Fsp3) is 0.706. The highest BCUT2D eigenvalue weighted by molar-refractivity contribution is 5.89. The zero-order valence-corrected chi connectivity index (χ0v) is 12.5. The van der Waals surface area contributed by atoms with Crippen LogP contribution in [0.5, 0.6) is 0 Å². The van der Waals surface area contributed by atoms with Gasteiger partial charge in [-0.1, -0.05) is 35.9 Å². The molecule has 0 aromatic rings. The molecule has 1 saturated heterocycles. The molecule has 0 bridgehead atoms. The normalized spacial score (nSPS) is 32.2. The van der Waals surface area contributed by atoms with Gasteiger partial charge in [-0.25, -0.2) is 0 Å². The number of likely N-dealkylation sites (tertiary alicyclic amines) is 1. The molecule has 3 nitrogen and oxygen atoms in total. The first-order valence-electron chi connectivity index (χ1n) is 8.16. The second-order valence-electron chi connectivity index (χ2n) is 5.84. The first-order valence-corrected chi connectivity index (χ1v) is 8.16. The van der Waals surface area contributed by atoms with Crippen molar-refractivity contribution < 1.29 is 5.21 Å². The molecule has 1 aliphatic heterocycles. The summed E-state index contributed by atoms with van der Waals surface area (Å²) in [5.41, 5.74) is 0.977. The molecule has 2 aliphatic rings. The molecule has 0 aromatic carbocycles. The molecule has 0 radical (unpaired) electrons. The summed E-state index contributed by atoms with van der Waals surface area (Å²) in [6, 6.07) is 0.331. The van der Waals surface area contributed by atoms with Gasteiger partial charge in [0.1, 0.15) is 0 Å². The van der Waals surface area contributed by atoms with Crippen molar-refractivity contribution in [2.75, 3.05) is 13.1 Å². The van der Waals surface area contributed by atoms with Gasteiger partial charge in [-0.2, -0.15) is 0 Å². The summed E-state index contributed by atoms with van der Waals surface area (Å²) < 4.78 is 0. The van der Waals surface area contributed by atoms with Gasteiger partial charge in [-0.3, -0.25) is 4.90 Å². The maximum absolute atomic E-state index is 9.42. The third-order valence-corrected chi connectivity index (χ3v) is 4.35. The Morgan fingerprint density at radius 2 is 1.55 bits per heavy atom. The average Bonchev–Trinajstić information content (AvgIpc) is 2.49. The standard InChI is InChI=1S/C17H28N2O/c20-18-16-12-8-5-3-1-2-4-6-9-13-17(16)19-14-10-7-11-15-19/h3-6,17,20H,1-2,7-15H2/b5-3+,6-4+,18-16-. The summed E-state index contributed by atoms with van der Waals surface area (Å²) >= 11 is 0. The largest absolute Gasteiger partial charge is 0.411 e. The van der Waals surface area contributed by atoms with Gasteiger partial charge in [0, 0.05) is 0 Å². The van der Waals surface area contributed by atoms with E-state index in [0.29, 0.717) is 6.04 Å². The van der Waals surface area contributed by atoms with E-state index in [1.54, 1.807) is 0 Å². The number of allylic oxidation sites excluding steroid dienone is 4. The van der Waals surface area contributed by atoms with Gasteiger partial charge < -0.3 is 5.21 Å². The van der Waals surface area contributed by atoms with Crippen LogP contribution in [-0.2, 0) is 0 Å². The van der Waals surface area contributed by atoms with E-state index in [9.17, 15) is 5.21 Å². The van der Waals surface area contributed by atoms with Crippen LogP contribution in [0.15, 0.2) is 29.5 Å². The average molecular weight is 276 g/mol. The molecule has 1 atom stereocenters. The van der Waals surface area contributed by atoms with Crippen LogP contribution in [0.25, 0.3) is 0 Å². The fourth-order valence-electron chi connectivity index (χ4n) is 3.22. The van der Waals surface area contributed by atoms with E-state index in [0.717, 1.165) is 57.3 Å². The number of piperidine rings is 1. The van der Waals surface area contributed by atoms with E-state index in [2.05, 4.69) is 34.4 Å². The summed E-state index contributed by atoms with van der Waals surface area (Å²) in [6.07, 6.45) is 19.3. The Morgan fingerprint density at radius 1 is 0.900 bits per heavy atom. The third-order valence-electron chi connectivity index (χ3n) is 4.35. The minimum Gasteiger partial charge on any atom is -0.411 e. The lowest BCUT2D eigenvalue weighted by atomic mass is 9.97. The van der Waals surface area contributed by atoms with Crippen LogP contribution < -0.4 is 0 Å². The van der Waals surface area contributed by atoms with E-state index in [4.69, 9.17) is 0 Å². The van der Waals surface area contributed by atoms with Gasteiger partial charge in [0.15, 0.2) is 0 Å². The highest BCUT2D eigenvalue weighted by atomic mass is 16.4. The van der Waals surface area contributed by atoms with Gasteiger partial charge in [-0.05, 0) is 64.5 Å². The van der Waals surface area contributed by atoms with Gasteiger partial charge in [0.25, 0.3) is 0 Å². The van der Waals surface area contributed by atoms with Crippen molar-refractivity contribution in [2.24, 2.45) is 5.16 Å². The fourth-order valence-corrected chi connectivity index (χ4v) is 3.22. The van der Waals surface area contributed by atoms with E-state index in [1.165, 1.54) is 19.3 Å². The van der Waals surface area contributed by atoms with Crippen molar-refractivity contribution in [2.45, 2.75) is 63.8 Å². The van der Waals surface area contributed by atoms with Gasteiger partial charge in [0.2, 0.25) is 0 Å². The van der Waals surface area contributed by atoms with E-state index in [-0.39, 0.29) is 0 Å². The van der Waals surface area contributed by atoms with E-state index in [1.807, 2.05) is 0 Å². The zero-order valence-electron chi connectivity index (χ0n) is 12.5. The van der Waals surface area contributed by atoms with Crippen LogP contribution in [0.4, 0.5) is 0 Å². The van der Waals surface area contributed by atoms with E-state index >= 15 is 0 Å². The molecule has 112 valence electrons. The maximum atomic E-state index is 9.42. The Balaban J connectivity index is 2.05. The smallest absolute Gasteiger partial charge is 0.0745 e. The van der Waals surface area contributed by atoms with Gasteiger partial charge >= 0.3 is 0 Å². The Hall–Kier alpha value is -1.09. The molecule has 2 rings (SSSR count). The van der Waals surface area contributed by atoms with Crippen molar-refractivity contribution in [1.29, 1.82) is 0 Å². The van der Waals surface area contributed by atoms with Crippen LogP contribution in [0.2, 0.25) is 0 Å². The SMILES string of the molecule is O/N=C1/CC/C=C/CC/C=C/CCC1N1CCCCC1. The number of rotatable bonds is 1. The summed E-state index contributed by atoms with van der Waals surface area (Å²) in [4.78, 5) is 2.53. The van der Waals surface area contributed by atoms with Crippen LogP contribution >= 0.6 is 0 Å². The summed E-state index contributed by atoms with van der Waals surface area (Å²) in [7, 11) is 0. The Bertz CT molecular complexity index is 354. The first kappa shape index (κ1) is 15.3. The molecule has 3 heteroatoms. The highest BCUT2D eigenvalue weighted by Gasteiger charge is 2.24. The monoisotopic (exact) mass is 276 g/mol. The molecule has 20 heavy (non-hydrogen) atoms. The second kappa shape index (κ2) is 8.96. The maximum Gasteiger partial charge on any atom is 0.0745 e.